The van der Waals surface area contributed by atoms with Gasteiger partial charge in [-0.2, -0.15) is 9.97 Å². The van der Waals surface area contributed by atoms with Crippen molar-refractivity contribution in [3.63, 3.8) is 0 Å². The number of aromatic nitrogens is 6. The van der Waals surface area contributed by atoms with Gasteiger partial charge in [-0.05, 0) is 91.0 Å². The van der Waals surface area contributed by atoms with Crippen molar-refractivity contribution < 1.29 is 8.83 Å². The number of hydrogen-bond donors (Lipinski definition) is 0. The quantitative estimate of drug-likeness (QED) is 0.176. The summed E-state index contributed by atoms with van der Waals surface area (Å²) in [7, 11) is 0. The number of nitrogens with zero attached hydrogens (tertiary/aromatic N) is 6. The molecule has 0 radical (unpaired) electrons. The van der Waals surface area contributed by atoms with Crippen LogP contribution in [-0.2, 0) is 0 Å². The largest absolute Gasteiger partial charge is 0.456 e. The molecule has 0 bridgehead atoms. The lowest BCUT2D eigenvalue weighted by atomic mass is 10.1. The van der Waals surface area contributed by atoms with Gasteiger partial charge in [-0.25, -0.2) is 4.98 Å². The maximum Gasteiger partial charge on any atom is 0.238 e. The van der Waals surface area contributed by atoms with E-state index in [9.17, 15) is 0 Å². The van der Waals surface area contributed by atoms with E-state index in [-0.39, 0.29) is 0 Å². The van der Waals surface area contributed by atoms with Gasteiger partial charge in [0, 0.05) is 71.5 Å². The summed E-state index contributed by atoms with van der Waals surface area (Å²) >= 11 is 0. The van der Waals surface area contributed by atoms with Crippen LogP contribution in [0.15, 0.2) is 191 Å². The lowest BCUT2D eigenvalue weighted by Crippen LogP contribution is -2.06. The molecule has 8 heteroatoms. The molecule has 0 aliphatic rings. The van der Waals surface area contributed by atoms with E-state index in [0.29, 0.717) is 17.6 Å². The summed E-state index contributed by atoms with van der Waals surface area (Å²) in [6, 6.07) is 60.8. The van der Waals surface area contributed by atoms with E-state index >= 15 is 0 Å². The first-order valence-electron chi connectivity index (χ1n) is 20.6. The standard InChI is InChI=1S/C54H30N6O2/c1-5-15-42-37(13-1)50-44(59(42)34-22-19-31-10-9-27-55-41(31)30-34)23-24-45-51(50)38-14-2-6-16-43(38)60(45)54-57-52(32-20-25-48-39(28-32)35-11-3-7-17-46(35)61-48)56-53(58-54)33-21-26-49-40(29-33)36-12-4-8-18-47(36)62-49/h1-30H. The van der Waals surface area contributed by atoms with Crippen molar-refractivity contribution in [1.29, 1.82) is 0 Å². The molecule has 0 fully saturated rings. The lowest BCUT2D eigenvalue weighted by molar-refractivity contribution is 0.668. The van der Waals surface area contributed by atoms with E-state index in [1.54, 1.807) is 0 Å². The first-order chi connectivity index (χ1) is 30.7. The fourth-order valence-corrected chi connectivity index (χ4v) is 9.66. The van der Waals surface area contributed by atoms with E-state index in [0.717, 1.165) is 110 Å². The highest BCUT2D eigenvalue weighted by molar-refractivity contribution is 6.29. The van der Waals surface area contributed by atoms with E-state index in [4.69, 9.17) is 28.8 Å². The number of furan rings is 2. The highest BCUT2D eigenvalue weighted by Crippen LogP contribution is 2.43. The van der Waals surface area contributed by atoms with Crippen molar-refractivity contribution in [3.05, 3.63) is 182 Å². The molecule has 6 aromatic heterocycles. The van der Waals surface area contributed by atoms with Crippen LogP contribution in [0, 0.1) is 0 Å². The van der Waals surface area contributed by atoms with E-state index in [1.165, 1.54) is 5.39 Å². The van der Waals surface area contributed by atoms with Gasteiger partial charge in [0.1, 0.15) is 22.3 Å². The van der Waals surface area contributed by atoms with Crippen LogP contribution < -0.4 is 0 Å². The highest BCUT2D eigenvalue weighted by atomic mass is 16.3. The van der Waals surface area contributed by atoms with Crippen LogP contribution in [0.5, 0.6) is 0 Å². The maximum absolute atomic E-state index is 6.23. The number of para-hydroxylation sites is 4. The third-order valence-corrected chi connectivity index (χ3v) is 12.4. The van der Waals surface area contributed by atoms with Crippen molar-refractivity contribution in [1.82, 2.24) is 29.1 Å². The summed E-state index contributed by atoms with van der Waals surface area (Å²) in [5, 5.41) is 9.77. The number of benzene rings is 8. The van der Waals surface area contributed by atoms with Crippen molar-refractivity contribution in [2.75, 3.05) is 0 Å². The molecule has 8 aromatic carbocycles. The van der Waals surface area contributed by atoms with Gasteiger partial charge in [-0.3, -0.25) is 9.55 Å². The van der Waals surface area contributed by atoms with Gasteiger partial charge in [0.2, 0.25) is 5.95 Å². The molecular weight excluding hydrogens is 765 g/mol. The zero-order valence-corrected chi connectivity index (χ0v) is 32.8. The Kier molecular flexibility index (Phi) is 6.68. The highest BCUT2D eigenvalue weighted by Gasteiger charge is 2.23. The number of pyridine rings is 1. The Morgan fingerprint density at radius 3 is 1.53 bits per heavy atom. The zero-order valence-electron chi connectivity index (χ0n) is 32.8. The van der Waals surface area contributed by atoms with Gasteiger partial charge in [-0.1, -0.05) is 84.9 Å². The van der Waals surface area contributed by atoms with Crippen LogP contribution in [0.3, 0.4) is 0 Å². The van der Waals surface area contributed by atoms with Crippen LogP contribution in [-0.4, -0.2) is 29.1 Å². The molecule has 14 aromatic rings. The third-order valence-electron chi connectivity index (χ3n) is 12.4. The van der Waals surface area contributed by atoms with E-state index < -0.39 is 0 Å². The normalized spacial score (nSPS) is 12.2. The molecule has 6 heterocycles. The Hall–Kier alpha value is -8.62. The maximum atomic E-state index is 6.23. The predicted molar refractivity (Wildman–Crippen MR) is 249 cm³/mol. The molecule has 0 unspecified atom stereocenters. The molecule has 62 heavy (non-hydrogen) atoms. The summed E-state index contributed by atoms with van der Waals surface area (Å²) < 4.78 is 17.0. The number of fused-ring (bicyclic) bond motifs is 14. The van der Waals surface area contributed by atoms with Crippen molar-refractivity contribution in [2.24, 2.45) is 0 Å². The SMILES string of the molecule is c1cnc2cc(-n3c4ccccc4c4c5c6ccccc6n(-c6nc(-c7ccc8oc9ccccc9c8c7)nc(-c7ccc8oc9ccccc9c8c7)n6)c5ccc43)ccc2c1. The van der Waals surface area contributed by atoms with Gasteiger partial charge < -0.3 is 13.4 Å². The molecule has 14 rings (SSSR count). The second kappa shape index (κ2) is 12.5. The van der Waals surface area contributed by atoms with Crippen LogP contribution in [0.1, 0.15) is 0 Å². The fourth-order valence-electron chi connectivity index (χ4n) is 9.66. The molecule has 0 aliphatic heterocycles. The van der Waals surface area contributed by atoms with Gasteiger partial charge in [0.05, 0.1) is 27.6 Å². The second-order valence-electron chi connectivity index (χ2n) is 15.8. The Morgan fingerprint density at radius 2 is 0.903 bits per heavy atom. The Morgan fingerprint density at radius 1 is 0.371 bits per heavy atom. The molecule has 288 valence electrons. The zero-order chi connectivity index (χ0) is 40.5. The Bertz CT molecular complexity index is 4060. The average molecular weight is 795 g/mol. The summed E-state index contributed by atoms with van der Waals surface area (Å²) in [6.07, 6.45) is 1.85. The van der Waals surface area contributed by atoms with Crippen molar-refractivity contribution in [2.45, 2.75) is 0 Å². The molecule has 8 nitrogen and oxygen atoms in total. The van der Waals surface area contributed by atoms with Gasteiger partial charge in [0.15, 0.2) is 11.6 Å². The van der Waals surface area contributed by atoms with Crippen LogP contribution in [0.4, 0.5) is 0 Å². The van der Waals surface area contributed by atoms with Gasteiger partial charge in [-0.15, -0.1) is 0 Å². The van der Waals surface area contributed by atoms with Gasteiger partial charge in [0.25, 0.3) is 0 Å². The van der Waals surface area contributed by atoms with Crippen molar-refractivity contribution >= 4 is 98.4 Å². The molecule has 0 atom stereocenters. The van der Waals surface area contributed by atoms with Crippen LogP contribution >= 0.6 is 0 Å². The Labute approximate surface area is 351 Å². The first-order valence-corrected chi connectivity index (χ1v) is 20.6. The van der Waals surface area contributed by atoms with Crippen LogP contribution in [0.25, 0.3) is 133 Å². The fraction of sp³-hybridized carbons (Fsp3) is 0. The predicted octanol–water partition coefficient (Wildman–Crippen LogP) is 13.7. The number of hydrogen-bond acceptors (Lipinski definition) is 6. The Balaban J connectivity index is 1.06. The van der Waals surface area contributed by atoms with E-state index in [1.807, 2.05) is 72.9 Å². The molecule has 0 amide bonds. The molecule has 0 aliphatic carbocycles. The minimum atomic E-state index is 0.522. The lowest BCUT2D eigenvalue weighted by Gasteiger charge is -2.11. The van der Waals surface area contributed by atoms with E-state index in [2.05, 4.69) is 118 Å². The third kappa shape index (κ3) is 4.71. The molecule has 0 saturated carbocycles. The molecule has 0 N–H and O–H groups in total. The number of rotatable bonds is 4. The summed E-state index contributed by atoms with van der Waals surface area (Å²) in [4.78, 5) is 20.6. The van der Waals surface area contributed by atoms with Crippen molar-refractivity contribution in [3.8, 4) is 34.4 Å². The summed E-state index contributed by atoms with van der Waals surface area (Å²) in [5.41, 5.74) is 11.3. The molecular formula is C54H30N6O2. The topological polar surface area (TPSA) is 87.7 Å². The summed E-state index contributed by atoms with van der Waals surface area (Å²) in [6.45, 7) is 0. The first kappa shape index (κ1) is 33.2. The van der Waals surface area contributed by atoms with Crippen LogP contribution in [0.2, 0.25) is 0 Å². The molecule has 0 saturated heterocycles. The second-order valence-corrected chi connectivity index (χ2v) is 15.8. The van der Waals surface area contributed by atoms with Gasteiger partial charge >= 0.3 is 0 Å². The minimum absolute atomic E-state index is 0.522. The molecule has 0 spiro atoms. The summed E-state index contributed by atoms with van der Waals surface area (Å²) in [5.74, 6) is 1.64. The monoisotopic (exact) mass is 794 g/mol. The average Bonchev–Trinajstić information content (AvgIpc) is 4.08. The minimum Gasteiger partial charge on any atom is -0.456 e. The smallest absolute Gasteiger partial charge is 0.238 e.